The molecule has 6 nitrogen and oxygen atoms in total. The van der Waals surface area contributed by atoms with Crippen molar-refractivity contribution in [3.05, 3.63) is 97.5 Å². The molecule has 0 radical (unpaired) electrons. The van der Waals surface area contributed by atoms with Crippen molar-refractivity contribution in [1.29, 1.82) is 5.26 Å². The van der Waals surface area contributed by atoms with Crippen molar-refractivity contribution in [3.8, 4) is 6.07 Å². The maximum atomic E-state index is 13.1. The molecule has 1 aliphatic rings. The van der Waals surface area contributed by atoms with Gasteiger partial charge in [-0.25, -0.2) is 4.39 Å². The van der Waals surface area contributed by atoms with Crippen LogP contribution in [0.3, 0.4) is 0 Å². The number of ketones is 1. The van der Waals surface area contributed by atoms with Gasteiger partial charge in [-0.3, -0.25) is 14.9 Å². The Bertz CT molecular complexity index is 1120. The predicted molar refractivity (Wildman–Crippen MR) is 113 cm³/mol. The van der Waals surface area contributed by atoms with Crippen LogP contribution in [0.15, 0.2) is 70.4 Å². The summed E-state index contributed by atoms with van der Waals surface area (Å²) < 4.78 is 13.1. The van der Waals surface area contributed by atoms with Crippen LogP contribution in [0.2, 0.25) is 0 Å². The summed E-state index contributed by atoms with van der Waals surface area (Å²) in [5.41, 5.74) is 2.12. The molecule has 1 N–H and O–H groups in total. The minimum atomic E-state index is -0.842. The van der Waals surface area contributed by atoms with E-state index in [4.69, 9.17) is 0 Å². The third-order valence-corrected chi connectivity index (χ3v) is 5.86. The van der Waals surface area contributed by atoms with Crippen molar-refractivity contribution < 1.29 is 14.1 Å². The number of nitro benzene ring substituents is 1. The lowest BCUT2D eigenvalue weighted by Gasteiger charge is -2.29. The number of para-hydroxylation sites is 1. The number of carbonyl (C=O) groups is 1. The van der Waals surface area contributed by atoms with Crippen molar-refractivity contribution >= 4 is 23.2 Å². The monoisotopic (exact) mass is 423 g/mol. The minimum absolute atomic E-state index is 0.147. The highest BCUT2D eigenvalue weighted by Gasteiger charge is 2.36. The van der Waals surface area contributed by atoms with Gasteiger partial charge < -0.3 is 5.32 Å². The molecular formula is C22H18FN3O3S. The maximum absolute atomic E-state index is 13.1. The molecule has 1 heterocycles. The lowest BCUT2D eigenvalue weighted by atomic mass is 9.80. The Balaban J connectivity index is 2.08. The standard InChI is InChI=1S/C22H18FN3O3S/c1-13-20(14(2)27)21(17-5-3-4-6-19(17)26(28)29)18(11-24)22(25-13)30-12-15-7-9-16(23)10-8-15/h3-10,21,25H,12H2,1-2H3. The Morgan fingerprint density at radius 3 is 2.53 bits per heavy atom. The molecule has 0 saturated heterocycles. The molecule has 152 valence electrons. The fourth-order valence-electron chi connectivity index (χ4n) is 3.44. The summed E-state index contributed by atoms with van der Waals surface area (Å²) in [4.78, 5) is 23.5. The molecule has 0 aromatic heterocycles. The van der Waals surface area contributed by atoms with E-state index in [0.717, 1.165) is 5.56 Å². The zero-order valence-corrected chi connectivity index (χ0v) is 17.1. The second kappa shape index (κ2) is 8.93. The number of hydrogen-bond acceptors (Lipinski definition) is 6. The van der Waals surface area contributed by atoms with Crippen molar-refractivity contribution in [3.63, 3.8) is 0 Å². The molecule has 0 aliphatic carbocycles. The van der Waals surface area contributed by atoms with Crippen LogP contribution in [0.5, 0.6) is 0 Å². The molecule has 1 atom stereocenters. The first-order valence-corrected chi connectivity index (χ1v) is 10.1. The lowest BCUT2D eigenvalue weighted by molar-refractivity contribution is -0.385. The number of Topliss-reactive ketones (excluding diaryl/α,β-unsaturated/α-hetero) is 1. The zero-order chi connectivity index (χ0) is 21.8. The number of hydrogen-bond donors (Lipinski definition) is 1. The molecule has 0 amide bonds. The van der Waals surface area contributed by atoms with Crippen LogP contribution in [0.25, 0.3) is 0 Å². The highest BCUT2D eigenvalue weighted by atomic mass is 32.2. The molecule has 1 unspecified atom stereocenters. The van der Waals surface area contributed by atoms with Crippen molar-refractivity contribution in [2.24, 2.45) is 0 Å². The van der Waals surface area contributed by atoms with Gasteiger partial charge in [0, 0.05) is 28.7 Å². The van der Waals surface area contributed by atoms with E-state index in [-0.39, 0.29) is 22.9 Å². The molecule has 0 saturated carbocycles. The van der Waals surface area contributed by atoms with Crippen LogP contribution in [-0.4, -0.2) is 10.7 Å². The summed E-state index contributed by atoms with van der Waals surface area (Å²) in [5, 5.41) is 25.2. The summed E-state index contributed by atoms with van der Waals surface area (Å²) in [5.74, 6) is -0.984. The third kappa shape index (κ3) is 4.26. The molecule has 0 fully saturated rings. The molecule has 8 heteroatoms. The van der Waals surface area contributed by atoms with Crippen molar-refractivity contribution in [2.45, 2.75) is 25.5 Å². The Morgan fingerprint density at radius 1 is 1.27 bits per heavy atom. The molecule has 0 bridgehead atoms. The van der Waals surface area contributed by atoms with Gasteiger partial charge in [-0.05, 0) is 31.5 Å². The average Bonchev–Trinajstić information content (AvgIpc) is 2.72. The largest absolute Gasteiger partial charge is 0.353 e. The number of nitrogens with zero attached hydrogens (tertiary/aromatic N) is 2. The molecule has 2 aromatic carbocycles. The van der Waals surface area contributed by atoms with Gasteiger partial charge in [0.25, 0.3) is 5.69 Å². The zero-order valence-electron chi connectivity index (χ0n) is 16.3. The Morgan fingerprint density at radius 2 is 1.93 bits per heavy atom. The SMILES string of the molecule is CC(=O)C1=C(C)NC(SCc2ccc(F)cc2)=C(C#N)C1c1ccccc1[N+](=O)[O-]. The summed E-state index contributed by atoms with van der Waals surface area (Å²) >= 11 is 1.33. The van der Waals surface area contributed by atoms with Crippen LogP contribution in [0.1, 0.15) is 30.9 Å². The highest BCUT2D eigenvalue weighted by molar-refractivity contribution is 8.02. The van der Waals surface area contributed by atoms with Gasteiger partial charge in [0.15, 0.2) is 5.78 Å². The quantitative estimate of drug-likeness (QED) is 0.522. The van der Waals surface area contributed by atoms with Crippen LogP contribution >= 0.6 is 11.8 Å². The van der Waals surface area contributed by atoms with Crippen LogP contribution in [-0.2, 0) is 10.5 Å². The Labute approximate surface area is 177 Å². The Kier molecular flexibility index (Phi) is 6.33. The van der Waals surface area contributed by atoms with Crippen LogP contribution in [0.4, 0.5) is 10.1 Å². The van der Waals surface area contributed by atoms with E-state index in [1.54, 1.807) is 37.3 Å². The number of allylic oxidation sites excluding steroid dienone is 3. The number of nitriles is 1. The minimum Gasteiger partial charge on any atom is -0.353 e. The number of dihydropyridines is 1. The number of nitrogens with one attached hydrogen (secondary N) is 1. The molecular weight excluding hydrogens is 405 g/mol. The number of benzene rings is 2. The number of nitro groups is 1. The molecule has 0 spiro atoms. The predicted octanol–water partition coefficient (Wildman–Crippen LogP) is 4.95. The number of halogens is 1. The normalized spacial score (nSPS) is 16.1. The van der Waals surface area contributed by atoms with E-state index >= 15 is 0 Å². The molecule has 2 aromatic rings. The van der Waals surface area contributed by atoms with Gasteiger partial charge in [0.1, 0.15) is 5.82 Å². The smallest absolute Gasteiger partial charge is 0.273 e. The van der Waals surface area contributed by atoms with E-state index in [0.29, 0.717) is 27.6 Å². The van der Waals surface area contributed by atoms with Gasteiger partial charge in [-0.1, -0.05) is 30.3 Å². The van der Waals surface area contributed by atoms with E-state index < -0.39 is 10.8 Å². The fourth-order valence-corrected chi connectivity index (χ4v) is 4.49. The molecule has 3 rings (SSSR count). The second-order valence-electron chi connectivity index (χ2n) is 6.74. The highest BCUT2D eigenvalue weighted by Crippen LogP contribution is 2.44. The van der Waals surface area contributed by atoms with Crippen molar-refractivity contribution in [2.75, 3.05) is 0 Å². The molecule has 1 aliphatic heterocycles. The van der Waals surface area contributed by atoms with E-state index in [1.165, 1.54) is 36.9 Å². The summed E-state index contributed by atoms with van der Waals surface area (Å²) in [6, 6.07) is 14.3. The third-order valence-electron chi connectivity index (χ3n) is 4.77. The topological polar surface area (TPSA) is 96.0 Å². The summed E-state index contributed by atoms with van der Waals surface area (Å²) in [7, 11) is 0. The van der Waals surface area contributed by atoms with Gasteiger partial charge in [0.05, 0.1) is 27.5 Å². The van der Waals surface area contributed by atoms with E-state index in [2.05, 4.69) is 11.4 Å². The van der Waals surface area contributed by atoms with Gasteiger partial charge in [-0.15, -0.1) is 11.8 Å². The van der Waals surface area contributed by atoms with E-state index in [1.807, 2.05) is 0 Å². The average molecular weight is 423 g/mol. The first-order chi connectivity index (χ1) is 14.3. The van der Waals surface area contributed by atoms with Crippen LogP contribution in [0, 0.1) is 27.3 Å². The first-order valence-electron chi connectivity index (χ1n) is 9.07. The summed E-state index contributed by atoms with van der Waals surface area (Å²) in [6.07, 6.45) is 0. The summed E-state index contributed by atoms with van der Waals surface area (Å²) in [6.45, 7) is 3.10. The number of carbonyl (C=O) groups excluding carboxylic acids is 1. The molecule has 30 heavy (non-hydrogen) atoms. The fraction of sp³-hybridized carbons (Fsp3) is 0.182. The van der Waals surface area contributed by atoms with Crippen LogP contribution < -0.4 is 5.32 Å². The van der Waals surface area contributed by atoms with E-state index in [9.17, 15) is 24.6 Å². The van der Waals surface area contributed by atoms with Crippen molar-refractivity contribution in [1.82, 2.24) is 5.32 Å². The number of rotatable bonds is 6. The Hall–Kier alpha value is -3.44. The van der Waals surface area contributed by atoms with Gasteiger partial charge >= 0.3 is 0 Å². The second-order valence-corrected chi connectivity index (χ2v) is 7.72. The first kappa shape index (κ1) is 21.3. The van der Waals surface area contributed by atoms with Gasteiger partial charge in [0.2, 0.25) is 0 Å². The number of thioether (sulfide) groups is 1. The lowest BCUT2D eigenvalue weighted by Crippen LogP contribution is -2.27. The maximum Gasteiger partial charge on any atom is 0.273 e. The van der Waals surface area contributed by atoms with Gasteiger partial charge in [-0.2, -0.15) is 5.26 Å².